The fourth-order valence-electron chi connectivity index (χ4n) is 3.76. The lowest BCUT2D eigenvalue weighted by molar-refractivity contribution is -0.146. The van der Waals surface area contributed by atoms with Crippen LogP contribution in [0.5, 0.6) is 5.75 Å². The van der Waals surface area contributed by atoms with E-state index in [9.17, 15) is 32.8 Å². The minimum absolute atomic E-state index is 0.0203. The molecule has 0 aliphatic carbocycles. The lowest BCUT2D eigenvalue weighted by atomic mass is 10.1. The maximum absolute atomic E-state index is 15.0. The van der Waals surface area contributed by atoms with Crippen LogP contribution in [0.1, 0.15) is 32.9 Å². The average molecular weight is 605 g/mol. The molecule has 5 atom stereocenters. The summed E-state index contributed by atoms with van der Waals surface area (Å²) in [6.45, 7) is 2.26. The van der Waals surface area contributed by atoms with Crippen molar-refractivity contribution in [2.75, 3.05) is 25.6 Å². The number of ether oxygens (including phenoxy) is 3. The van der Waals surface area contributed by atoms with Crippen LogP contribution in [-0.4, -0.2) is 70.6 Å². The van der Waals surface area contributed by atoms with Gasteiger partial charge in [0.1, 0.15) is 23.7 Å². The molecule has 2 heterocycles. The molecule has 1 aromatic heterocycles. The Kier molecular flexibility index (Phi) is 10.9. The van der Waals surface area contributed by atoms with Crippen molar-refractivity contribution in [2.24, 2.45) is 0 Å². The number of esters is 2. The number of nitrogen functional groups attached to an aromatic ring is 1. The molecule has 0 amide bonds. The highest BCUT2D eigenvalue weighted by Crippen LogP contribution is 2.48. The first kappa shape index (κ1) is 32.1. The SMILES string of the molecule is CCOC(=O)CC[C@H](NP(=O)(OC[C@H]1O[C@@H](n2ccc(N)nc2=O)C(F)(F)[C@@H]1O)Oc1ccccc1)C(=O)OCC. The Balaban J connectivity index is 1.84. The maximum atomic E-state index is 15.0. The van der Waals surface area contributed by atoms with Crippen LogP contribution in [0.25, 0.3) is 0 Å². The van der Waals surface area contributed by atoms with Crippen molar-refractivity contribution >= 4 is 25.5 Å². The third-order valence-electron chi connectivity index (χ3n) is 5.69. The number of hydrogen-bond acceptors (Lipinski definition) is 12. The summed E-state index contributed by atoms with van der Waals surface area (Å²) in [5.74, 6) is -5.72. The van der Waals surface area contributed by atoms with Gasteiger partial charge in [0.15, 0.2) is 6.10 Å². The fraction of sp³-hybridized carbons (Fsp3) is 0.500. The number of nitrogens with zero attached hydrogens (tertiary/aromatic N) is 2. The number of nitrogens with one attached hydrogen (secondary N) is 1. The van der Waals surface area contributed by atoms with E-state index in [4.69, 9.17) is 29.0 Å². The van der Waals surface area contributed by atoms with E-state index in [2.05, 4.69) is 10.1 Å². The molecule has 1 aliphatic rings. The topological polar surface area (TPSA) is 191 Å². The van der Waals surface area contributed by atoms with Gasteiger partial charge in [0, 0.05) is 12.6 Å². The second-order valence-electron chi connectivity index (χ2n) is 8.66. The number of anilines is 1. The maximum Gasteiger partial charge on any atom is 0.459 e. The number of benzene rings is 1. The van der Waals surface area contributed by atoms with Crippen LogP contribution >= 0.6 is 7.75 Å². The molecule has 41 heavy (non-hydrogen) atoms. The van der Waals surface area contributed by atoms with E-state index < -0.39 is 62.4 Å². The number of aromatic nitrogens is 2. The number of alkyl halides is 2. The number of hydrogen-bond donors (Lipinski definition) is 3. The predicted molar refractivity (Wildman–Crippen MR) is 138 cm³/mol. The summed E-state index contributed by atoms with van der Waals surface area (Å²) in [6, 6.07) is 7.27. The van der Waals surface area contributed by atoms with Crippen molar-refractivity contribution in [3.05, 3.63) is 53.1 Å². The number of carbonyl (C=O) groups is 2. The highest BCUT2D eigenvalue weighted by atomic mass is 31.2. The zero-order chi connectivity index (χ0) is 30.2. The van der Waals surface area contributed by atoms with Crippen molar-refractivity contribution < 1.29 is 51.3 Å². The van der Waals surface area contributed by atoms with Gasteiger partial charge in [-0.05, 0) is 38.5 Å². The van der Waals surface area contributed by atoms with Gasteiger partial charge in [-0.1, -0.05) is 18.2 Å². The van der Waals surface area contributed by atoms with Gasteiger partial charge in [-0.15, -0.1) is 0 Å². The summed E-state index contributed by atoms with van der Waals surface area (Å²) < 4.78 is 70.2. The van der Waals surface area contributed by atoms with Gasteiger partial charge in [-0.25, -0.2) is 9.36 Å². The molecule has 17 heteroatoms. The lowest BCUT2D eigenvalue weighted by Gasteiger charge is -2.26. The van der Waals surface area contributed by atoms with Gasteiger partial charge in [-0.2, -0.15) is 18.9 Å². The Morgan fingerprint density at radius 1 is 1.22 bits per heavy atom. The van der Waals surface area contributed by atoms with Gasteiger partial charge in [0.25, 0.3) is 0 Å². The molecule has 1 saturated heterocycles. The first-order chi connectivity index (χ1) is 19.4. The summed E-state index contributed by atoms with van der Waals surface area (Å²) in [5, 5.41) is 12.7. The number of aliphatic hydroxyl groups excluding tert-OH is 1. The molecule has 1 aromatic carbocycles. The Morgan fingerprint density at radius 2 is 1.90 bits per heavy atom. The number of rotatable bonds is 14. The Labute approximate surface area is 233 Å². The quantitative estimate of drug-likeness (QED) is 0.209. The minimum Gasteiger partial charge on any atom is -0.466 e. The molecule has 2 aromatic rings. The Bertz CT molecular complexity index is 1300. The molecule has 0 saturated carbocycles. The first-order valence-corrected chi connectivity index (χ1v) is 14.1. The molecule has 0 spiro atoms. The predicted octanol–water partition coefficient (Wildman–Crippen LogP) is 1.79. The smallest absolute Gasteiger partial charge is 0.459 e. The molecular formula is C24H31F2N4O10P. The monoisotopic (exact) mass is 604 g/mol. The largest absolute Gasteiger partial charge is 0.466 e. The molecule has 14 nitrogen and oxygen atoms in total. The molecule has 226 valence electrons. The number of carbonyl (C=O) groups excluding carboxylic acids is 2. The lowest BCUT2D eigenvalue weighted by Crippen LogP contribution is -2.42. The average Bonchev–Trinajstić information content (AvgIpc) is 3.14. The molecule has 1 unspecified atom stereocenters. The van der Waals surface area contributed by atoms with E-state index in [1.807, 2.05) is 0 Å². The second-order valence-corrected chi connectivity index (χ2v) is 10.4. The van der Waals surface area contributed by atoms with Crippen LogP contribution < -0.4 is 21.0 Å². The summed E-state index contributed by atoms with van der Waals surface area (Å²) in [5.41, 5.74) is 4.26. The zero-order valence-electron chi connectivity index (χ0n) is 22.2. The van der Waals surface area contributed by atoms with E-state index in [0.717, 1.165) is 12.3 Å². The van der Waals surface area contributed by atoms with Gasteiger partial charge in [0.2, 0.25) is 6.23 Å². The Morgan fingerprint density at radius 3 is 2.54 bits per heavy atom. The summed E-state index contributed by atoms with van der Waals surface area (Å²) in [6.07, 6.45) is -6.18. The van der Waals surface area contributed by atoms with Crippen LogP contribution in [0.4, 0.5) is 14.6 Å². The van der Waals surface area contributed by atoms with Crippen LogP contribution in [0.15, 0.2) is 47.4 Å². The van der Waals surface area contributed by atoms with Gasteiger partial charge in [0.05, 0.1) is 19.8 Å². The molecule has 3 rings (SSSR count). The fourth-order valence-corrected chi connectivity index (χ4v) is 5.29. The third-order valence-corrected chi connectivity index (χ3v) is 7.26. The molecule has 0 bridgehead atoms. The highest BCUT2D eigenvalue weighted by molar-refractivity contribution is 7.52. The number of nitrogens with two attached hydrogens (primary N) is 1. The second kappa shape index (κ2) is 14.0. The van der Waals surface area contributed by atoms with E-state index in [1.165, 1.54) is 19.1 Å². The number of para-hydroxylation sites is 1. The summed E-state index contributed by atoms with van der Waals surface area (Å²) in [4.78, 5) is 40.0. The van der Waals surface area contributed by atoms with Crippen LogP contribution in [0, 0.1) is 0 Å². The van der Waals surface area contributed by atoms with E-state index in [-0.39, 0.29) is 37.6 Å². The molecule has 1 aliphatic heterocycles. The van der Waals surface area contributed by atoms with Crippen LogP contribution in [0.2, 0.25) is 0 Å². The van der Waals surface area contributed by atoms with Crippen LogP contribution in [0.3, 0.4) is 0 Å². The van der Waals surface area contributed by atoms with Crippen molar-refractivity contribution in [1.82, 2.24) is 14.6 Å². The van der Waals surface area contributed by atoms with Gasteiger partial charge >= 0.3 is 31.3 Å². The van der Waals surface area contributed by atoms with Crippen molar-refractivity contribution in [1.29, 1.82) is 0 Å². The number of aliphatic hydroxyl groups is 1. The standard InChI is InChI=1S/C24H31F2N4O10P/c1-3-36-19(31)11-10-16(21(33)37-4-2)29-41(35,40-15-8-6-5-7-9-15)38-14-17-20(32)24(25,26)22(39-17)30-13-12-18(27)28-23(30)34/h5-9,12-13,16-17,20,22,32H,3-4,10-11,14H2,1-2H3,(H,29,35)(H2,27,28,34)/t16-,17+,20+,22+,41?/m0/s1. The third kappa shape index (κ3) is 8.30. The molecular weight excluding hydrogens is 573 g/mol. The van der Waals surface area contributed by atoms with Crippen molar-refractivity contribution in [2.45, 2.75) is 57.1 Å². The highest BCUT2D eigenvalue weighted by Gasteiger charge is 2.60. The number of halogens is 2. The molecule has 0 radical (unpaired) electrons. The van der Waals surface area contributed by atoms with Crippen molar-refractivity contribution in [3.8, 4) is 5.75 Å². The Hall–Kier alpha value is -3.43. The van der Waals surface area contributed by atoms with E-state index >= 15 is 0 Å². The zero-order valence-corrected chi connectivity index (χ0v) is 23.1. The van der Waals surface area contributed by atoms with E-state index in [0.29, 0.717) is 4.57 Å². The molecule has 4 N–H and O–H groups in total. The summed E-state index contributed by atoms with van der Waals surface area (Å²) >= 11 is 0. The first-order valence-electron chi connectivity index (χ1n) is 12.6. The minimum atomic E-state index is -4.62. The van der Waals surface area contributed by atoms with Gasteiger partial charge in [-0.3, -0.25) is 18.7 Å². The summed E-state index contributed by atoms with van der Waals surface area (Å²) in [7, 11) is -4.62. The molecule has 1 fully saturated rings. The van der Waals surface area contributed by atoms with E-state index in [1.54, 1.807) is 25.1 Å². The van der Waals surface area contributed by atoms with Crippen molar-refractivity contribution in [3.63, 3.8) is 0 Å². The van der Waals surface area contributed by atoms with Gasteiger partial charge < -0.3 is 29.6 Å². The van der Waals surface area contributed by atoms with Crippen LogP contribution in [-0.2, 0) is 32.9 Å². The normalized spacial score (nSPS) is 21.9.